The van der Waals surface area contributed by atoms with Gasteiger partial charge in [-0.1, -0.05) is 36.4 Å². The first-order valence-electron chi connectivity index (χ1n) is 15.3. The number of H-pyrrole nitrogens is 1. The Bertz CT molecular complexity index is 1490. The molecule has 1 aliphatic rings. The number of anilines is 1. The minimum atomic E-state index is -0.623. The second kappa shape index (κ2) is 14.1. The topological polar surface area (TPSA) is 127 Å². The monoisotopic (exact) mass is 618 g/mol. The van der Waals surface area contributed by atoms with E-state index in [-0.39, 0.29) is 44.0 Å². The molecule has 2 N–H and O–H groups in total. The normalized spacial score (nSPS) is 13.0. The van der Waals surface area contributed by atoms with Crippen molar-refractivity contribution in [3.05, 3.63) is 65.0 Å². The molecule has 0 fully saturated rings. The molecule has 0 unspecified atom stereocenters. The molecule has 0 aliphatic carbocycles. The van der Waals surface area contributed by atoms with Crippen molar-refractivity contribution >= 4 is 23.6 Å². The maximum absolute atomic E-state index is 13.7. The zero-order chi connectivity index (χ0) is 32.9. The molecule has 4 rings (SSSR count). The van der Waals surface area contributed by atoms with Crippen LogP contribution in [0.3, 0.4) is 0 Å². The Morgan fingerprint density at radius 1 is 1.04 bits per heavy atom. The van der Waals surface area contributed by atoms with Gasteiger partial charge in [0.1, 0.15) is 11.4 Å². The Morgan fingerprint density at radius 2 is 1.71 bits per heavy atom. The Balaban J connectivity index is 1.49. The third-order valence-electron chi connectivity index (χ3n) is 7.60. The summed E-state index contributed by atoms with van der Waals surface area (Å²) < 4.78 is 5.54. The molecule has 1 aliphatic heterocycles. The highest BCUT2D eigenvalue weighted by molar-refractivity contribution is 5.87. The van der Waals surface area contributed by atoms with Crippen molar-refractivity contribution < 1.29 is 19.1 Å². The standard InChI is InChI=1S/C33H46N8O4/c1-22(2)41(32(44)45-33(5,6)7)16-15-34-29(42)20-39(28-17-25(14-13-23(28)3)31-35-24(4)36-37-31)21-30(43)38(8)40-18-26-11-9-10-12-27(26)19-40/h9-14,17,22H,15-16,18-21H2,1-8H3,(H,34,42)(H,35,36,37). The summed E-state index contributed by atoms with van der Waals surface area (Å²) >= 11 is 0. The van der Waals surface area contributed by atoms with Crippen LogP contribution in [0, 0.1) is 13.8 Å². The highest BCUT2D eigenvalue weighted by Gasteiger charge is 2.28. The number of carbonyl (C=O) groups is 3. The molecule has 0 saturated carbocycles. The van der Waals surface area contributed by atoms with Gasteiger partial charge in [0.2, 0.25) is 5.91 Å². The van der Waals surface area contributed by atoms with E-state index in [1.165, 1.54) is 11.1 Å². The molecule has 3 aromatic rings. The second-order valence-electron chi connectivity index (χ2n) is 12.7. The summed E-state index contributed by atoms with van der Waals surface area (Å²) in [4.78, 5) is 47.6. The van der Waals surface area contributed by atoms with Crippen LogP contribution in [0.4, 0.5) is 10.5 Å². The molecule has 2 aromatic carbocycles. The summed E-state index contributed by atoms with van der Waals surface area (Å²) in [6.45, 7) is 14.8. The van der Waals surface area contributed by atoms with Crippen molar-refractivity contribution in [2.24, 2.45) is 0 Å². The Labute approximate surface area is 265 Å². The Morgan fingerprint density at radius 3 is 2.29 bits per heavy atom. The lowest BCUT2D eigenvalue weighted by Crippen LogP contribution is -2.49. The molecule has 0 radical (unpaired) electrons. The van der Waals surface area contributed by atoms with Crippen LogP contribution in [0.25, 0.3) is 11.4 Å². The number of rotatable bonds is 11. The molecule has 0 bridgehead atoms. The van der Waals surface area contributed by atoms with Crippen molar-refractivity contribution in [1.29, 1.82) is 0 Å². The van der Waals surface area contributed by atoms with Crippen molar-refractivity contribution in [2.45, 2.75) is 73.2 Å². The van der Waals surface area contributed by atoms with E-state index in [2.05, 4.69) is 32.6 Å². The molecule has 2 heterocycles. The lowest BCUT2D eigenvalue weighted by molar-refractivity contribution is -0.145. The smallest absolute Gasteiger partial charge is 0.410 e. The number of aromatic amines is 1. The minimum Gasteiger partial charge on any atom is -0.444 e. The van der Waals surface area contributed by atoms with Gasteiger partial charge in [-0.15, -0.1) is 0 Å². The number of nitrogens with one attached hydrogen (secondary N) is 2. The van der Waals surface area contributed by atoms with Crippen LogP contribution in [-0.2, 0) is 27.4 Å². The van der Waals surface area contributed by atoms with Crippen molar-refractivity contribution in [3.8, 4) is 11.4 Å². The second-order valence-corrected chi connectivity index (χ2v) is 12.7. The van der Waals surface area contributed by atoms with Gasteiger partial charge in [0, 0.05) is 50.5 Å². The fourth-order valence-electron chi connectivity index (χ4n) is 5.16. The van der Waals surface area contributed by atoms with E-state index < -0.39 is 11.7 Å². The van der Waals surface area contributed by atoms with E-state index in [9.17, 15) is 14.4 Å². The third kappa shape index (κ3) is 8.81. The number of nitrogens with zero attached hydrogens (tertiary/aromatic N) is 6. The number of carbonyl (C=O) groups excluding carboxylic acids is 3. The van der Waals surface area contributed by atoms with Crippen LogP contribution in [0.5, 0.6) is 0 Å². The van der Waals surface area contributed by atoms with Crippen LogP contribution in [0.1, 0.15) is 57.1 Å². The predicted molar refractivity (Wildman–Crippen MR) is 173 cm³/mol. The van der Waals surface area contributed by atoms with E-state index in [1.54, 1.807) is 21.9 Å². The highest BCUT2D eigenvalue weighted by atomic mass is 16.6. The van der Waals surface area contributed by atoms with E-state index in [1.807, 2.05) is 83.8 Å². The van der Waals surface area contributed by atoms with Gasteiger partial charge in [-0.25, -0.2) is 14.8 Å². The quantitative estimate of drug-likeness (QED) is 0.330. The summed E-state index contributed by atoms with van der Waals surface area (Å²) in [5.74, 6) is 0.802. The molecule has 242 valence electrons. The number of benzene rings is 2. The van der Waals surface area contributed by atoms with E-state index in [0.29, 0.717) is 24.7 Å². The molecular weight excluding hydrogens is 572 g/mol. The van der Waals surface area contributed by atoms with Gasteiger partial charge in [-0.05, 0) is 71.2 Å². The van der Waals surface area contributed by atoms with Gasteiger partial charge in [0.05, 0.1) is 13.1 Å². The highest BCUT2D eigenvalue weighted by Crippen LogP contribution is 2.27. The fourth-order valence-corrected chi connectivity index (χ4v) is 5.16. The first-order valence-corrected chi connectivity index (χ1v) is 15.3. The van der Waals surface area contributed by atoms with Gasteiger partial charge < -0.3 is 19.9 Å². The number of aryl methyl sites for hydroxylation is 2. The zero-order valence-electron chi connectivity index (χ0n) is 27.7. The lowest BCUT2D eigenvalue weighted by Gasteiger charge is -2.32. The zero-order valence-corrected chi connectivity index (χ0v) is 27.7. The van der Waals surface area contributed by atoms with Gasteiger partial charge >= 0.3 is 6.09 Å². The molecule has 45 heavy (non-hydrogen) atoms. The van der Waals surface area contributed by atoms with Crippen LogP contribution < -0.4 is 10.2 Å². The number of hydrogen-bond acceptors (Lipinski definition) is 8. The first-order chi connectivity index (χ1) is 21.2. The van der Waals surface area contributed by atoms with Crippen molar-refractivity contribution in [2.75, 3.05) is 38.1 Å². The summed E-state index contributed by atoms with van der Waals surface area (Å²) in [6, 6.07) is 13.8. The number of fused-ring (bicyclic) bond motifs is 1. The van der Waals surface area contributed by atoms with Gasteiger partial charge in [-0.3, -0.25) is 19.7 Å². The summed E-state index contributed by atoms with van der Waals surface area (Å²) in [6.07, 6.45) is -0.430. The molecular formula is C33H46N8O4. The Hall–Kier alpha value is -4.45. The van der Waals surface area contributed by atoms with Gasteiger partial charge in [0.15, 0.2) is 5.82 Å². The predicted octanol–water partition coefficient (Wildman–Crippen LogP) is 4.05. The third-order valence-corrected chi connectivity index (χ3v) is 7.60. The molecule has 0 saturated heterocycles. The van der Waals surface area contributed by atoms with Crippen molar-refractivity contribution in [3.63, 3.8) is 0 Å². The first kappa shape index (κ1) is 33.4. The minimum absolute atomic E-state index is 0.0237. The molecule has 3 amide bonds. The Kier molecular flexibility index (Phi) is 10.5. The maximum atomic E-state index is 13.7. The van der Waals surface area contributed by atoms with Crippen LogP contribution in [0.2, 0.25) is 0 Å². The maximum Gasteiger partial charge on any atom is 0.410 e. The van der Waals surface area contributed by atoms with Crippen LogP contribution >= 0.6 is 0 Å². The molecule has 12 heteroatoms. The number of likely N-dealkylation sites (N-methyl/N-ethyl adjacent to an activating group) is 1. The van der Waals surface area contributed by atoms with E-state index in [0.717, 1.165) is 16.8 Å². The average Bonchev–Trinajstić information content (AvgIpc) is 3.60. The fraction of sp³-hybridized carbons (Fsp3) is 0.485. The number of ether oxygens (including phenoxy) is 1. The molecule has 0 spiro atoms. The molecule has 12 nitrogen and oxygen atoms in total. The number of aromatic nitrogens is 3. The number of hydrogen-bond donors (Lipinski definition) is 2. The van der Waals surface area contributed by atoms with Crippen molar-refractivity contribution in [1.82, 2.24) is 35.4 Å². The summed E-state index contributed by atoms with van der Waals surface area (Å²) in [7, 11) is 1.77. The van der Waals surface area contributed by atoms with Gasteiger partial charge in [-0.2, -0.15) is 5.10 Å². The summed E-state index contributed by atoms with van der Waals surface area (Å²) in [5.41, 5.74) is 4.17. The molecule has 0 atom stereocenters. The number of hydrazine groups is 1. The van der Waals surface area contributed by atoms with Crippen LogP contribution in [-0.4, -0.2) is 92.9 Å². The SMILES string of the molecule is Cc1nc(-c2ccc(C)c(N(CC(=O)NCCN(C(=O)OC(C)(C)C)C(C)C)CC(=O)N(C)N3Cc4ccccc4C3)c2)n[nH]1. The van der Waals surface area contributed by atoms with Crippen LogP contribution in [0.15, 0.2) is 42.5 Å². The largest absolute Gasteiger partial charge is 0.444 e. The average molecular weight is 619 g/mol. The summed E-state index contributed by atoms with van der Waals surface area (Å²) in [5, 5.41) is 13.7. The van der Waals surface area contributed by atoms with E-state index >= 15 is 0 Å². The van der Waals surface area contributed by atoms with Gasteiger partial charge in [0.25, 0.3) is 5.91 Å². The lowest BCUT2D eigenvalue weighted by atomic mass is 10.1. The van der Waals surface area contributed by atoms with E-state index in [4.69, 9.17) is 4.74 Å². The molecule has 1 aromatic heterocycles. The number of amides is 3.